The number of fused-ring (bicyclic) bond motifs is 1. The Morgan fingerprint density at radius 2 is 1.86 bits per heavy atom. The number of para-hydroxylation sites is 2. The van der Waals surface area contributed by atoms with Crippen LogP contribution in [0.3, 0.4) is 0 Å². The normalized spacial score (nSPS) is 15.8. The van der Waals surface area contributed by atoms with E-state index in [1.807, 2.05) is 24.5 Å². The largest absolute Gasteiger partial charge is 0.330 e. The van der Waals surface area contributed by atoms with Gasteiger partial charge in [-0.3, -0.25) is 9.69 Å². The van der Waals surface area contributed by atoms with Gasteiger partial charge in [-0.1, -0.05) is 31.2 Å². The van der Waals surface area contributed by atoms with Crippen LogP contribution in [0.15, 0.2) is 54.9 Å². The fourth-order valence-electron chi connectivity index (χ4n) is 3.99. The third kappa shape index (κ3) is 4.42. The summed E-state index contributed by atoms with van der Waals surface area (Å²) in [5.74, 6) is 0.710. The first-order chi connectivity index (χ1) is 13.7. The average Bonchev–Trinajstić information content (AvgIpc) is 3.13. The molecule has 4 rings (SSSR count). The highest BCUT2D eigenvalue weighted by Crippen LogP contribution is 2.22. The van der Waals surface area contributed by atoms with Gasteiger partial charge in [0.1, 0.15) is 0 Å². The summed E-state index contributed by atoms with van der Waals surface area (Å²) < 4.78 is 2.27. The Kier molecular flexibility index (Phi) is 5.72. The molecule has 3 aromatic rings. The van der Waals surface area contributed by atoms with E-state index in [0.29, 0.717) is 12.5 Å². The number of hydrogen-bond acceptors (Lipinski definition) is 3. The number of aryl methyl sites for hydroxylation is 1. The van der Waals surface area contributed by atoms with E-state index in [9.17, 15) is 4.79 Å². The van der Waals surface area contributed by atoms with Gasteiger partial charge in [0.25, 0.3) is 0 Å². The lowest BCUT2D eigenvalue weighted by molar-refractivity contribution is -0.117. The predicted octanol–water partition coefficient (Wildman–Crippen LogP) is 3.95. The molecule has 146 valence electrons. The summed E-state index contributed by atoms with van der Waals surface area (Å²) in [5.41, 5.74) is 4.43. The van der Waals surface area contributed by atoms with E-state index in [4.69, 9.17) is 0 Å². The van der Waals surface area contributed by atoms with Crippen LogP contribution in [0.2, 0.25) is 0 Å². The lowest BCUT2D eigenvalue weighted by Crippen LogP contribution is -2.39. The Hall–Kier alpha value is -2.66. The number of rotatable bonds is 6. The van der Waals surface area contributed by atoms with Crippen LogP contribution < -0.4 is 5.32 Å². The molecule has 1 saturated heterocycles. The zero-order chi connectivity index (χ0) is 19.3. The van der Waals surface area contributed by atoms with Gasteiger partial charge in [-0.25, -0.2) is 4.98 Å². The van der Waals surface area contributed by atoms with Crippen molar-refractivity contribution >= 4 is 22.6 Å². The second-order valence-electron chi connectivity index (χ2n) is 7.70. The maximum Gasteiger partial charge on any atom is 0.238 e. The molecule has 1 aromatic heterocycles. The molecule has 0 atom stereocenters. The number of imidazole rings is 1. The minimum atomic E-state index is 0.0725. The van der Waals surface area contributed by atoms with E-state index < -0.39 is 0 Å². The summed E-state index contributed by atoms with van der Waals surface area (Å²) in [6.07, 6.45) is 5.20. The average molecular weight is 377 g/mol. The molecular formula is C23H28N4O. The first-order valence-electron chi connectivity index (χ1n) is 10.2. The van der Waals surface area contributed by atoms with Gasteiger partial charge in [0.2, 0.25) is 5.91 Å². The highest BCUT2D eigenvalue weighted by atomic mass is 16.2. The monoisotopic (exact) mass is 376 g/mol. The summed E-state index contributed by atoms with van der Waals surface area (Å²) in [5, 5.41) is 3.02. The van der Waals surface area contributed by atoms with Crippen molar-refractivity contribution in [1.29, 1.82) is 0 Å². The van der Waals surface area contributed by atoms with Crippen molar-refractivity contribution in [1.82, 2.24) is 14.5 Å². The molecule has 1 N–H and O–H groups in total. The smallest absolute Gasteiger partial charge is 0.238 e. The molecule has 0 radical (unpaired) electrons. The Bertz CT molecular complexity index is 923. The number of nitrogens with one attached hydrogen (secondary N) is 1. The quantitative estimate of drug-likeness (QED) is 0.709. The zero-order valence-corrected chi connectivity index (χ0v) is 16.5. The van der Waals surface area contributed by atoms with Crippen molar-refractivity contribution < 1.29 is 4.79 Å². The Balaban J connectivity index is 1.25. The zero-order valence-electron chi connectivity index (χ0n) is 16.5. The molecule has 1 aliphatic rings. The van der Waals surface area contributed by atoms with Crippen LogP contribution in [-0.2, 0) is 17.8 Å². The number of nitrogens with zero attached hydrogens (tertiary/aromatic N) is 3. The lowest BCUT2D eigenvalue weighted by Gasteiger charge is -2.31. The topological polar surface area (TPSA) is 50.2 Å². The van der Waals surface area contributed by atoms with Crippen molar-refractivity contribution in [3.63, 3.8) is 0 Å². The number of amides is 1. The second kappa shape index (κ2) is 8.57. The van der Waals surface area contributed by atoms with Gasteiger partial charge in [0.15, 0.2) is 0 Å². The molecule has 28 heavy (non-hydrogen) atoms. The fraction of sp³-hybridized carbons (Fsp3) is 0.391. The molecule has 0 bridgehead atoms. The predicted molar refractivity (Wildman–Crippen MR) is 113 cm³/mol. The molecule has 0 unspecified atom stereocenters. The van der Waals surface area contributed by atoms with E-state index in [-0.39, 0.29) is 5.91 Å². The van der Waals surface area contributed by atoms with Gasteiger partial charge in [-0.05, 0) is 68.1 Å². The molecule has 0 saturated carbocycles. The van der Waals surface area contributed by atoms with E-state index >= 15 is 0 Å². The van der Waals surface area contributed by atoms with E-state index in [2.05, 4.69) is 57.0 Å². The second-order valence-corrected chi connectivity index (χ2v) is 7.70. The van der Waals surface area contributed by atoms with Gasteiger partial charge in [0, 0.05) is 12.2 Å². The number of anilines is 1. The van der Waals surface area contributed by atoms with Gasteiger partial charge < -0.3 is 9.88 Å². The molecule has 2 aromatic carbocycles. The molecule has 1 fully saturated rings. The van der Waals surface area contributed by atoms with Crippen LogP contribution in [-0.4, -0.2) is 40.0 Å². The van der Waals surface area contributed by atoms with Crippen molar-refractivity contribution in [2.24, 2.45) is 5.92 Å². The number of aromatic nitrogens is 2. The Labute approximate surface area is 166 Å². The van der Waals surface area contributed by atoms with Crippen LogP contribution in [0.5, 0.6) is 0 Å². The lowest BCUT2D eigenvalue weighted by atomic mass is 9.96. The van der Waals surface area contributed by atoms with Crippen molar-refractivity contribution in [3.8, 4) is 0 Å². The summed E-state index contributed by atoms with van der Waals surface area (Å²) in [7, 11) is 0. The van der Waals surface area contributed by atoms with Crippen molar-refractivity contribution in [2.45, 2.75) is 32.7 Å². The van der Waals surface area contributed by atoms with Crippen LogP contribution in [0, 0.1) is 5.92 Å². The fourth-order valence-corrected chi connectivity index (χ4v) is 3.99. The Morgan fingerprint density at radius 1 is 1.11 bits per heavy atom. The number of hydrogen-bond donors (Lipinski definition) is 1. The van der Waals surface area contributed by atoms with E-state index in [1.165, 1.54) is 11.1 Å². The molecular weight excluding hydrogens is 348 g/mol. The highest BCUT2D eigenvalue weighted by molar-refractivity contribution is 5.92. The van der Waals surface area contributed by atoms with Gasteiger partial charge in [-0.2, -0.15) is 0 Å². The maximum absolute atomic E-state index is 12.4. The minimum absolute atomic E-state index is 0.0725. The molecule has 0 spiro atoms. The minimum Gasteiger partial charge on any atom is -0.330 e. The van der Waals surface area contributed by atoms with Crippen LogP contribution >= 0.6 is 0 Å². The number of likely N-dealkylation sites (tertiary alicyclic amines) is 1. The van der Waals surface area contributed by atoms with Gasteiger partial charge >= 0.3 is 0 Å². The van der Waals surface area contributed by atoms with E-state index in [0.717, 1.165) is 50.1 Å². The SMILES string of the molecule is CCc1ccc(NC(=O)CN2CCC(Cn3cnc4ccccc43)CC2)cc1. The third-order valence-electron chi connectivity index (χ3n) is 5.70. The number of carbonyl (C=O) groups is 1. The Morgan fingerprint density at radius 3 is 2.61 bits per heavy atom. The van der Waals surface area contributed by atoms with Gasteiger partial charge in [0.05, 0.1) is 23.9 Å². The number of carbonyl (C=O) groups excluding carboxylic acids is 1. The number of piperidine rings is 1. The van der Waals surface area contributed by atoms with Crippen molar-refractivity contribution in [2.75, 3.05) is 25.0 Å². The maximum atomic E-state index is 12.4. The molecule has 5 nitrogen and oxygen atoms in total. The molecule has 0 aliphatic carbocycles. The molecule has 1 amide bonds. The van der Waals surface area contributed by atoms with Gasteiger partial charge in [-0.15, -0.1) is 0 Å². The first kappa shape index (κ1) is 18.7. The molecule has 2 heterocycles. The standard InChI is InChI=1S/C23H28N4O/c1-2-18-7-9-20(10-8-18)25-23(28)16-26-13-11-19(12-14-26)15-27-17-24-21-5-3-4-6-22(21)27/h3-10,17,19H,2,11-16H2,1H3,(H,25,28). The summed E-state index contributed by atoms with van der Waals surface area (Å²) in [6.45, 7) is 5.55. The molecule has 1 aliphatic heterocycles. The van der Waals surface area contributed by atoms with Crippen LogP contribution in [0.1, 0.15) is 25.3 Å². The van der Waals surface area contributed by atoms with E-state index in [1.54, 1.807) is 0 Å². The van der Waals surface area contributed by atoms with Crippen LogP contribution in [0.25, 0.3) is 11.0 Å². The third-order valence-corrected chi connectivity index (χ3v) is 5.70. The summed E-state index contributed by atoms with van der Waals surface area (Å²) >= 11 is 0. The first-order valence-corrected chi connectivity index (χ1v) is 10.2. The number of benzene rings is 2. The molecule has 5 heteroatoms. The van der Waals surface area contributed by atoms with Crippen LogP contribution in [0.4, 0.5) is 5.69 Å². The van der Waals surface area contributed by atoms with Crippen molar-refractivity contribution in [3.05, 3.63) is 60.4 Å². The highest BCUT2D eigenvalue weighted by Gasteiger charge is 2.21. The summed E-state index contributed by atoms with van der Waals surface area (Å²) in [6, 6.07) is 16.4. The summed E-state index contributed by atoms with van der Waals surface area (Å²) in [4.78, 5) is 19.1.